The van der Waals surface area contributed by atoms with Crippen molar-refractivity contribution in [2.24, 2.45) is 0 Å². The minimum atomic E-state index is -1.05. The Hall–Kier alpha value is -3.60. The third kappa shape index (κ3) is 2.73. The molecule has 1 aliphatic heterocycles. The van der Waals surface area contributed by atoms with Crippen LogP contribution in [0.5, 0.6) is 0 Å². The molecule has 10 nitrogen and oxygen atoms in total. The fourth-order valence-corrected chi connectivity index (χ4v) is 2.95. The summed E-state index contributed by atoms with van der Waals surface area (Å²) in [4.78, 5) is 37.5. The number of nitrogens with one attached hydrogen (secondary N) is 2. The number of quaternary nitrogens is 1. The van der Waals surface area contributed by atoms with E-state index in [0.717, 1.165) is 9.69 Å². The molecule has 0 aliphatic carbocycles. The quantitative estimate of drug-likeness (QED) is 0.420. The van der Waals surface area contributed by atoms with Crippen LogP contribution >= 0.6 is 0 Å². The summed E-state index contributed by atoms with van der Waals surface area (Å²) >= 11 is 0. The molecular weight excluding hydrogens is 354 g/mol. The molecule has 136 valence electrons. The highest BCUT2D eigenvalue weighted by atomic mass is 16.8. The van der Waals surface area contributed by atoms with E-state index in [2.05, 4.69) is 10.2 Å². The van der Waals surface area contributed by atoms with E-state index >= 15 is 0 Å². The average molecular weight is 367 g/mol. The van der Waals surface area contributed by atoms with E-state index in [1.807, 2.05) is 0 Å². The largest absolute Gasteiger partial charge is 0.595 e. The van der Waals surface area contributed by atoms with Crippen molar-refractivity contribution in [3.05, 3.63) is 86.7 Å². The Kier molecular flexibility index (Phi) is 3.92. The third-order valence-corrected chi connectivity index (χ3v) is 4.25. The molecular formula is C17H13N5O5. The van der Waals surface area contributed by atoms with Crippen molar-refractivity contribution in [3.63, 3.8) is 0 Å². The lowest BCUT2D eigenvalue weighted by atomic mass is 10.1. The van der Waals surface area contributed by atoms with Crippen LogP contribution in [0.25, 0.3) is 0 Å². The summed E-state index contributed by atoms with van der Waals surface area (Å²) in [6, 6.07) is 12.3. The fraction of sp³-hybridized carbons (Fsp3) is 0.0588. The molecule has 1 unspecified atom stereocenters. The van der Waals surface area contributed by atoms with Crippen LogP contribution in [0.1, 0.15) is 32.1 Å². The summed E-state index contributed by atoms with van der Waals surface area (Å²) < 4.78 is 0.912. The highest BCUT2D eigenvalue weighted by molar-refractivity contribution is 6.30. The fourth-order valence-electron chi connectivity index (χ4n) is 2.95. The lowest BCUT2D eigenvalue weighted by molar-refractivity contribution is -0.991. The number of amides is 2. The summed E-state index contributed by atoms with van der Waals surface area (Å²) in [6.45, 7) is 0. The number of carbonyl (C=O) groups excluding carboxylic acids is 2. The molecule has 3 N–H and O–H groups in total. The first-order chi connectivity index (χ1) is 13.0. The van der Waals surface area contributed by atoms with Crippen LogP contribution < -0.4 is 15.9 Å². The van der Waals surface area contributed by atoms with Gasteiger partial charge < -0.3 is 5.21 Å². The van der Waals surface area contributed by atoms with Crippen molar-refractivity contribution in [2.75, 3.05) is 5.01 Å². The van der Waals surface area contributed by atoms with Gasteiger partial charge in [-0.25, -0.2) is 15.1 Å². The highest BCUT2D eigenvalue weighted by Gasteiger charge is 2.38. The molecule has 1 atom stereocenters. The predicted molar refractivity (Wildman–Crippen MR) is 91.2 cm³/mol. The number of fused-ring (bicyclic) bond motifs is 1. The van der Waals surface area contributed by atoms with E-state index in [1.54, 1.807) is 24.3 Å². The van der Waals surface area contributed by atoms with Crippen molar-refractivity contribution in [3.8, 4) is 0 Å². The maximum Gasteiger partial charge on any atom is 0.363 e. The van der Waals surface area contributed by atoms with Gasteiger partial charge in [-0.15, -0.1) is 0 Å². The predicted octanol–water partition coefficient (Wildman–Crippen LogP) is -0.502. The molecule has 2 heterocycles. The Balaban J connectivity index is 1.70. The molecule has 27 heavy (non-hydrogen) atoms. The number of hydrogen-bond donors (Lipinski definition) is 3. The van der Waals surface area contributed by atoms with Gasteiger partial charge in [0.15, 0.2) is 11.5 Å². The van der Waals surface area contributed by atoms with Crippen LogP contribution in [0.2, 0.25) is 0 Å². The molecule has 0 saturated heterocycles. The van der Waals surface area contributed by atoms with E-state index in [4.69, 9.17) is 5.21 Å². The summed E-state index contributed by atoms with van der Waals surface area (Å²) in [5.41, 5.74) is 0.497. The number of carbonyl (C=O) groups is 2. The Bertz CT molecular complexity index is 1060. The second kappa shape index (κ2) is 6.29. The van der Waals surface area contributed by atoms with Crippen molar-refractivity contribution < 1.29 is 20.0 Å². The van der Waals surface area contributed by atoms with Crippen LogP contribution in [-0.4, -0.2) is 31.9 Å². The lowest BCUT2D eigenvalue weighted by Crippen LogP contribution is -2.99. The molecule has 0 fully saturated rings. The van der Waals surface area contributed by atoms with E-state index in [9.17, 15) is 19.6 Å². The maximum atomic E-state index is 12.6. The average Bonchev–Trinajstić information content (AvgIpc) is 3.13. The van der Waals surface area contributed by atoms with E-state index < -0.39 is 22.7 Å². The van der Waals surface area contributed by atoms with E-state index in [1.165, 1.54) is 24.3 Å². The number of H-pyrrole nitrogens is 1. The minimum Gasteiger partial charge on any atom is -0.595 e. The molecule has 1 aromatic heterocycles. The number of rotatable bonds is 4. The molecule has 0 radical (unpaired) electrons. The number of imide groups is 1. The summed E-state index contributed by atoms with van der Waals surface area (Å²) in [5, 5.41) is 25.8. The van der Waals surface area contributed by atoms with Gasteiger partial charge in [0.1, 0.15) is 0 Å². The number of benzene rings is 2. The van der Waals surface area contributed by atoms with E-state index in [0.29, 0.717) is 5.56 Å². The molecule has 1 aliphatic rings. The molecule has 0 spiro atoms. The summed E-state index contributed by atoms with van der Waals surface area (Å²) in [6.07, 6.45) is 0.117. The summed E-state index contributed by atoms with van der Waals surface area (Å²) in [7, 11) is 0. The number of hydrogen-bond acceptors (Lipinski definition) is 6. The van der Waals surface area contributed by atoms with Crippen molar-refractivity contribution >= 4 is 17.5 Å². The maximum absolute atomic E-state index is 12.6. The zero-order valence-electron chi connectivity index (χ0n) is 13.7. The van der Waals surface area contributed by atoms with Gasteiger partial charge >= 0.3 is 5.69 Å². The smallest absolute Gasteiger partial charge is 0.363 e. The lowest BCUT2D eigenvalue weighted by Gasteiger charge is -2.16. The van der Waals surface area contributed by atoms with Crippen molar-refractivity contribution in [1.82, 2.24) is 14.9 Å². The Morgan fingerprint density at radius 2 is 1.59 bits per heavy atom. The van der Waals surface area contributed by atoms with Gasteiger partial charge in [-0.3, -0.25) is 9.59 Å². The van der Waals surface area contributed by atoms with Crippen LogP contribution in [0.4, 0.5) is 5.69 Å². The van der Waals surface area contributed by atoms with Crippen LogP contribution in [-0.2, 0) is 6.42 Å². The highest BCUT2D eigenvalue weighted by Crippen LogP contribution is 2.21. The Morgan fingerprint density at radius 3 is 2.15 bits per heavy atom. The molecule has 0 bridgehead atoms. The molecule has 2 amide bonds. The SMILES string of the molecule is O=C1c2ccccc2C(=O)N1n1c(Cc2ccc([NH+]([O-])O)cc2)n[nH]c1=O. The van der Waals surface area contributed by atoms with Gasteiger partial charge in [-0.05, 0) is 17.7 Å². The topological polar surface area (TPSA) is 136 Å². The molecule has 0 saturated carbocycles. The first-order valence-corrected chi connectivity index (χ1v) is 7.94. The van der Waals surface area contributed by atoms with Gasteiger partial charge in [-0.2, -0.15) is 20.0 Å². The second-order valence-corrected chi connectivity index (χ2v) is 5.90. The van der Waals surface area contributed by atoms with Gasteiger partial charge in [-0.1, -0.05) is 24.3 Å². The zero-order chi connectivity index (χ0) is 19.1. The van der Waals surface area contributed by atoms with Gasteiger partial charge in [0, 0.05) is 18.6 Å². The molecule has 4 rings (SSSR count). The van der Waals surface area contributed by atoms with Crippen molar-refractivity contribution in [2.45, 2.75) is 6.42 Å². The Morgan fingerprint density at radius 1 is 1.00 bits per heavy atom. The Labute approximate surface area is 151 Å². The zero-order valence-corrected chi connectivity index (χ0v) is 13.7. The molecule has 2 aromatic carbocycles. The number of aromatic nitrogens is 3. The molecule has 3 aromatic rings. The van der Waals surface area contributed by atoms with Crippen LogP contribution in [0, 0.1) is 5.21 Å². The van der Waals surface area contributed by atoms with Crippen molar-refractivity contribution in [1.29, 1.82) is 0 Å². The van der Waals surface area contributed by atoms with Gasteiger partial charge in [0.05, 0.1) is 11.1 Å². The molecule has 10 heteroatoms. The second-order valence-electron chi connectivity index (χ2n) is 5.90. The van der Waals surface area contributed by atoms with Gasteiger partial charge in [0.25, 0.3) is 11.8 Å². The minimum absolute atomic E-state index is 0.117. The summed E-state index contributed by atoms with van der Waals surface area (Å²) in [5.74, 6) is -1.07. The number of aromatic amines is 1. The first-order valence-electron chi connectivity index (χ1n) is 7.94. The normalized spacial score (nSPS) is 14.5. The van der Waals surface area contributed by atoms with Crippen LogP contribution in [0.3, 0.4) is 0 Å². The first kappa shape index (κ1) is 16.8. The van der Waals surface area contributed by atoms with Gasteiger partial charge in [0.2, 0.25) is 0 Å². The monoisotopic (exact) mass is 367 g/mol. The standard InChI is InChI=1S/C17H13N5O5/c23-15-12-3-1-2-4-13(12)16(24)21(15)20-14(18-19-17(20)25)9-10-5-7-11(8-6-10)22(26)27/h1-8,22,26H,9H2,(H,19,25). The number of nitrogens with zero attached hydrogens (tertiary/aromatic N) is 3. The van der Waals surface area contributed by atoms with Crippen LogP contribution in [0.15, 0.2) is 53.3 Å². The third-order valence-electron chi connectivity index (χ3n) is 4.25. The van der Waals surface area contributed by atoms with E-state index in [-0.39, 0.29) is 29.1 Å².